The van der Waals surface area contributed by atoms with E-state index in [4.69, 9.17) is 24.7 Å². The van der Waals surface area contributed by atoms with Crippen LogP contribution in [0.1, 0.15) is 56.7 Å². The van der Waals surface area contributed by atoms with E-state index in [0.29, 0.717) is 32.7 Å². The standard InChI is InChI=1S/C21H36N4O3S/c1-18(2)17-29(27,28)23(4)10-5-6-11-24-12-14-25(15-13-24)21-9-7-8-20(16-21)22-19(3)26/h7-9,16,18H,5-6,10-15,17H2,1-4H3,(H,22,26)/i1D3,2D3,3D3,4D3,8D,9D,17D2,18D/hD. The van der Waals surface area contributed by atoms with Crippen LogP contribution in [0.4, 0.5) is 11.4 Å². The normalized spacial score (nSPS) is 27.6. The molecule has 1 heterocycles. The average molecular weight is 443 g/mol. The molecule has 0 aromatic heterocycles. The number of rotatable bonds is 10. The summed E-state index contributed by atoms with van der Waals surface area (Å²) >= 11 is 0. The number of amides is 1. The lowest BCUT2D eigenvalue weighted by Crippen LogP contribution is -2.46. The second-order valence-electron chi connectivity index (χ2n) is 6.35. The third-order valence-electron chi connectivity index (χ3n) is 4.26. The quantitative estimate of drug-likeness (QED) is 0.564. The molecule has 1 amide bonds. The molecule has 1 aromatic carbocycles. The minimum absolute atomic E-state index is 0.0959. The minimum Gasteiger partial charge on any atom is -0.369 e. The van der Waals surface area contributed by atoms with Crippen molar-refractivity contribution < 1.29 is 37.9 Å². The molecule has 1 aromatic rings. The largest absolute Gasteiger partial charge is 0.369 e. The molecule has 29 heavy (non-hydrogen) atoms. The predicted octanol–water partition coefficient (Wildman–Crippen LogP) is 2.46. The van der Waals surface area contributed by atoms with Gasteiger partial charge in [-0.25, -0.2) is 12.7 Å². The Kier molecular flexibility index (Phi) is 3.34. The van der Waals surface area contributed by atoms with Gasteiger partial charge in [0.2, 0.25) is 15.9 Å². The van der Waals surface area contributed by atoms with E-state index in [9.17, 15) is 13.2 Å². The maximum atomic E-state index is 13.3. The van der Waals surface area contributed by atoms with Gasteiger partial charge in [-0.1, -0.05) is 19.8 Å². The molecule has 0 saturated carbocycles. The molecule has 2 rings (SSSR count). The smallest absolute Gasteiger partial charge is 0.221 e. The van der Waals surface area contributed by atoms with Crippen molar-refractivity contribution in [2.45, 2.75) is 33.4 Å². The topological polar surface area (TPSA) is 73.0 Å². The van der Waals surface area contributed by atoms with Gasteiger partial charge in [0.05, 0.1) is 8.45 Å². The monoisotopic (exact) mass is 442 g/mol. The number of piperazine rings is 1. The summed E-state index contributed by atoms with van der Waals surface area (Å²) in [5.41, 5.74) is -4.44. The van der Waals surface area contributed by atoms with Crippen molar-refractivity contribution in [3.63, 3.8) is 0 Å². The van der Waals surface area contributed by atoms with E-state index in [2.05, 4.69) is 0 Å². The van der Waals surface area contributed by atoms with Gasteiger partial charge in [0.1, 0.15) is 0 Å². The molecular formula is C21H36N4O3S. The Morgan fingerprint density at radius 2 is 2.17 bits per heavy atom. The van der Waals surface area contributed by atoms with Crippen LogP contribution in [0.3, 0.4) is 0 Å². The van der Waals surface area contributed by atoms with Crippen molar-refractivity contribution in [1.82, 2.24) is 9.21 Å². The minimum atomic E-state index is -5.88. The Morgan fingerprint density at radius 1 is 1.38 bits per heavy atom. The second kappa shape index (κ2) is 10.9. The van der Waals surface area contributed by atoms with Crippen LogP contribution in [0, 0.1) is 5.89 Å². The summed E-state index contributed by atoms with van der Waals surface area (Å²) in [4.78, 5) is 15.7. The molecule has 164 valence electrons. The van der Waals surface area contributed by atoms with E-state index in [-0.39, 0.29) is 39.9 Å². The summed E-state index contributed by atoms with van der Waals surface area (Å²) in [7, 11) is -5.88. The molecule has 0 radical (unpaired) electrons. The zero-order chi connectivity index (χ0) is 36.8. The Hall–Kier alpha value is -1.64. The number of benzene rings is 1. The van der Waals surface area contributed by atoms with E-state index in [1.807, 2.05) is 4.90 Å². The van der Waals surface area contributed by atoms with Crippen LogP contribution < -0.4 is 10.2 Å². The number of carbonyl (C=O) groups excluding carboxylic acids is 1. The van der Waals surface area contributed by atoms with Crippen LogP contribution in [0.25, 0.3) is 0 Å². The molecule has 0 spiro atoms. The highest BCUT2D eigenvalue weighted by Gasteiger charge is 2.20. The first-order valence-corrected chi connectivity index (χ1v) is 10.3. The Morgan fingerprint density at radius 3 is 2.86 bits per heavy atom. The number of carbonyl (C=O) groups is 1. The second-order valence-corrected chi connectivity index (χ2v) is 7.95. The molecule has 1 aliphatic heterocycles. The fraction of sp³-hybridized carbons (Fsp3) is 0.667. The SMILES string of the molecule is [2H]c1cc([2H])c(N([2H])C(=O)C([2H])([2H])[2H])cc1N1CCN(CCCCN(C([2H])([2H])[2H])S(=O)(=O)C([2H])([2H])C([2H])(C([2H])([2H])[2H])C([2H])([2H])[2H])CC1. The zero-order valence-corrected chi connectivity index (χ0v) is 16.5. The lowest BCUT2D eigenvalue weighted by atomic mass is 10.2. The average Bonchev–Trinajstić information content (AvgIpc) is 2.89. The van der Waals surface area contributed by atoms with Gasteiger partial charge < -0.3 is 10.2 Å². The molecule has 0 atom stereocenters. The number of sulfonamides is 1. The van der Waals surface area contributed by atoms with Crippen LogP contribution in [-0.4, -0.2) is 75.5 Å². The Bertz CT molecular complexity index is 1370. The van der Waals surface area contributed by atoms with Gasteiger partial charge in [-0.15, -0.1) is 0 Å². The van der Waals surface area contributed by atoms with Crippen molar-refractivity contribution in [3.8, 4) is 0 Å². The maximum absolute atomic E-state index is 13.3. The molecule has 1 aliphatic rings. The van der Waals surface area contributed by atoms with Crippen LogP contribution in [0.2, 0.25) is 1.41 Å². The van der Waals surface area contributed by atoms with Gasteiger partial charge in [-0.2, -0.15) is 0 Å². The maximum Gasteiger partial charge on any atom is 0.221 e. The van der Waals surface area contributed by atoms with Crippen molar-refractivity contribution in [1.29, 1.82) is 0 Å². The highest BCUT2D eigenvalue weighted by molar-refractivity contribution is 7.89. The van der Waals surface area contributed by atoms with E-state index >= 15 is 0 Å². The van der Waals surface area contributed by atoms with Gasteiger partial charge in [0, 0.05) is 78.5 Å². The van der Waals surface area contributed by atoms with E-state index in [1.54, 1.807) is 4.90 Å². The van der Waals surface area contributed by atoms with E-state index < -0.39 is 67.6 Å². The van der Waals surface area contributed by atoms with Crippen LogP contribution in [0.5, 0.6) is 0 Å². The summed E-state index contributed by atoms with van der Waals surface area (Å²) < 4.78 is 164. The van der Waals surface area contributed by atoms with Gasteiger partial charge in [-0.3, -0.25) is 9.69 Å². The van der Waals surface area contributed by atoms with Gasteiger partial charge in [-0.05, 0) is 43.4 Å². The first kappa shape index (κ1) is 8.85. The molecule has 1 saturated heterocycles. The van der Waals surface area contributed by atoms with Crippen molar-refractivity contribution in [2.75, 3.05) is 62.2 Å². The van der Waals surface area contributed by atoms with Crippen LogP contribution in [-0.2, 0) is 14.8 Å². The zero-order valence-electron chi connectivity index (χ0n) is 33.7. The van der Waals surface area contributed by atoms with Crippen molar-refractivity contribution in [3.05, 3.63) is 24.2 Å². The Labute approximate surface area is 201 Å². The summed E-state index contributed by atoms with van der Waals surface area (Å²) in [6.45, 7) is -13.8. The predicted molar refractivity (Wildman–Crippen MR) is 120 cm³/mol. The molecule has 8 heteroatoms. The number of unbranched alkanes of at least 4 members (excludes halogenated alkanes) is 1. The Balaban J connectivity index is 2.13. The molecule has 1 fully saturated rings. The lowest BCUT2D eigenvalue weighted by Gasteiger charge is -2.36. The van der Waals surface area contributed by atoms with Crippen molar-refractivity contribution in [2.24, 2.45) is 5.89 Å². The molecule has 0 aliphatic carbocycles. The van der Waals surface area contributed by atoms with Gasteiger partial charge in [0.25, 0.3) is 0 Å². The molecule has 0 unspecified atom stereocenters. The van der Waals surface area contributed by atoms with E-state index in [1.165, 1.54) is 6.07 Å². The molecule has 7 nitrogen and oxygen atoms in total. The van der Waals surface area contributed by atoms with Gasteiger partial charge in [0.15, 0.2) is 1.41 Å². The summed E-state index contributed by atoms with van der Waals surface area (Å²) in [6.07, 6.45) is 0.00454. The summed E-state index contributed by atoms with van der Waals surface area (Å²) in [5, 5.41) is 0.0963. The molecular weight excluding hydrogens is 388 g/mol. The van der Waals surface area contributed by atoms with Gasteiger partial charge >= 0.3 is 0 Å². The number of nitrogens with zero attached hydrogens (tertiary/aromatic N) is 3. The fourth-order valence-corrected chi connectivity index (χ4v) is 3.60. The van der Waals surface area contributed by atoms with E-state index in [0.717, 1.165) is 6.07 Å². The number of nitrogens with one attached hydrogen (secondary N) is 1. The van der Waals surface area contributed by atoms with Crippen LogP contribution >= 0.6 is 0 Å². The number of anilines is 2. The molecule has 1 N–H and O–H groups in total. The third kappa shape index (κ3) is 7.95. The van der Waals surface area contributed by atoms with Crippen molar-refractivity contribution >= 4 is 27.3 Å². The first-order valence-electron chi connectivity index (χ1n) is 17.8. The highest BCUT2D eigenvalue weighted by atomic mass is 32.2. The summed E-state index contributed by atoms with van der Waals surface area (Å²) in [5.74, 6) is -5.74. The fourth-order valence-electron chi connectivity index (χ4n) is 2.86. The first-order chi connectivity index (χ1) is 20.9. The van der Waals surface area contributed by atoms with Crippen LogP contribution in [0.15, 0.2) is 24.2 Å². The lowest BCUT2D eigenvalue weighted by molar-refractivity contribution is -0.114. The number of hydrogen-bond acceptors (Lipinski definition) is 5. The third-order valence-corrected chi connectivity index (χ3v) is 5.48. The summed E-state index contributed by atoms with van der Waals surface area (Å²) in [6, 6.07) is 1.81. The number of hydrogen-bond donors (Lipinski definition) is 1. The molecule has 0 bridgehead atoms. The highest BCUT2D eigenvalue weighted by Crippen LogP contribution is 2.21.